The third-order valence-electron chi connectivity index (χ3n) is 3.32. The lowest BCUT2D eigenvalue weighted by atomic mass is 10.2. The van der Waals surface area contributed by atoms with Gasteiger partial charge < -0.3 is 14.9 Å². The Morgan fingerprint density at radius 2 is 2.10 bits per heavy atom. The van der Waals surface area contributed by atoms with Crippen molar-refractivity contribution in [2.24, 2.45) is 5.92 Å². The van der Waals surface area contributed by atoms with Crippen molar-refractivity contribution in [3.63, 3.8) is 0 Å². The largest absolute Gasteiger partial charge is 0.354 e. The Bertz CT molecular complexity index is 684. The molecule has 20 heavy (non-hydrogen) atoms. The van der Waals surface area contributed by atoms with Gasteiger partial charge in [0.2, 0.25) is 5.91 Å². The Morgan fingerprint density at radius 3 is 2.75 bits per heavy atom. The van der Waals surface area contributed by atoms with Crippen LogP contribution >= 0.6 is 12.2 Å². The first kappa shape index (κ1) is 14.8. The number of fused-ring (bicyclic) bond motifs is 1. The second-order valence-electron chi connectivity index (χ2n) is 5.64. The van der Waals surface area contributed by atoms with Crippen LogP contribution in [0.1, 0.15) is 32.4 Å². The number of imidazole rings is 1. The van der Waals surface area contributed by atoms with Crippen LogP contribution in [0.15, 0.2) is 18.2 Å². The summed E-state index contributed by atoms with van der Waals surface area (Å²) in [6, 6.07) is 5.75. The number of benzene rings is 1. The summed E-state index contributed by atoms with van der Waals surface area (Å²) >= 11 is 5.35. The monoisotopic (exact) mass is 291 g/mol. The van der Waals surface area contributed by atoms with Gasteiger partial charge in [-0.15, -0.1) is 0 Å². The topological polar surface area (TPSA) is 49.8 Å². The lowest BCUT2D eigenvalue weighted by Gasteiger charge is -2.15. The molecule has 0 fully saturated rings. The van der Waals surface area contributed by atoms with Crippen LogP contribution in [0.4, 0.5) is 0 Å². The van der Waals surface area contributed by atoms with Crippen LogP contribution in [-0.4, -0.2) is 22.0 Å². The highest BCUT2D eigenvalue weighted by Crippen LogP contribution is 2.20. The first-order valence-electron chi connectivity index (χ1n) is 6.88. The van der Waals surface area contributed by atoms with Crippen LogP contribution in [0.2, 0.25) is 0 Å². The number of nitrogens with one attached hydrogen (secondary N) is 2. The Balaban J connectivity index is 2.34. The fraction of sp³-hybridized carbons (Fsp3) is 0.467. The lowest BCUT2D eigenvalue weighted by Crippen LogP contribution is -2.33. The van der Waals surface area contributed by atoms with E-state index in [-0.39, 0.29) is 11.9 Å². The molecule has 5 heteroatoms. The molecule has 0 radical (unpaired) electrons. The van der Waals surface area contributed by atoms with Gasteiger partial charge in [0.05, 0.1) is 11.0 Å². The van der Waals surface area contributed by atoms with Gasteiger partial charge in [0.25, 0.3) is 0 Å². The number of carbonyl (C=O) groups is 1. The van der Waals surface area contributed by atoms with E-state index in [2.05, 4.69) is 24.1 Å². The quantitative estimate of drug-likeness (QED) is 0.849. The van der Waals surface area contributed by atoms with E-state index in [0.29, 0.717) is 17.2 Å². The molecule has 1 atom stereocenters. The first-order chi connectivity index (χ1) is 9.40. The van der Waals surface area contributed by atoms with Crippen molar-refractivity contribution in [3.05, 3.63) is 28.5 Å². The van der Waals surface area contributed by atoms with E-state index in [1.165, 1.54) is 0 Å². The van der Waals surface area contributed by atoms with Crippen LogP contribution in [0.5, 0.6) is 0 Å². The summed E-state index contributed by atoms with van der Waals surface area (Å²) in [5.74, 6) is 0.431. The van der Waals surface area contributed by atoms with E-state index in [9.17, 15) is 4.79 Å². The zero-order valence-corrected chi connectivity index (χ0v) is 13.2. The van der Waals surface area contributed by atoms with Crippen LogP contribution in [0.3, 0.4) is 0 Å². The highest BCUT2D eigenvalue weighted by Gasteiger charge is 2.18. The summed E-state index contributed by atoms with van der Waals surface area (Å²) in [5.41, 5.74) is 3.10. The van der Waals surface area contributed by atoms with E-state index in [4.69, 9.17) is 12.2 Å². The van der Waals surface area contributed by atoms with Gasteiger partial charge in [-0.25, -0.2) is 0 Å². The van der Waals surface area contributed by atoms with Gasteiger partial charge in [0.15, 0.2) is 4.77 Å². The Kier molecular flexibility index (Phi) is 4.28. The van der Waals surface area contributed by atoms with Gasteiger partial charge in [-0.05, 0) is 49.7 Å². The third kappa shape index (κ3) is 2.93. The zero-order chi connectivity index (χ0) is 14.9. The fourth-order valence-corrected chi connectivity index (χ4v) is 2.57. The minimum Gasteiger partial charge on any atom is -0.354 e. The van der Waals surface area contributed by atoms with Crippen LogP contribution < -0.4 is 5.32 Å². The predicted octanol–water partition coefficient (Wildman–Crippen LogP) is 3.34. The number of carbonyl (C=O) groups excluding carboxylic acids is 1. The molecular formula is C15H21N3OS. The Hall–Kier alpha value is -1.62. The van der Waals surface area contributed by atoms with Gasteiger partial charge in [0, 0.05) is 6.54 Å². The van der Waals surface area contributed by atoms with Gasteiger partial charge in [-0.1, -0.05) is 19.9 Å². The number of aromatic amines is 1. The van der Waals surface area contributed by atoms with Crippen molar-refractivity contribution in [1.82, 2.24) is 14.9 Å². The van der Waals surface area contributed by atoms with Gasteiger partial charge in [-0.2, -0.15) is 0 Å². The molecule has 0 aliphatic carbocycles. The summed E-state index contributed by atoms with van der Waals surface area (Å²) in [4.78, 5) is 15.4. The third-order valence-corrected chi connectivity index (χ3v) is 3.62. The van der Waals surface area contributed by atoms with Crippen LogP contribution in [-0.2, 0) is 4.79 Å². The average Bonchev–Trinajstić information content (AvgIpc) is 2.69. The smallest absolute Gasteiger partial charge is 0.242 e. The van der Waals surface area contributed by atoms with Crippen molar-refractivity contribution in [3.8, 4) is 0 Å². The predicted molar refractivity (Wildman–Crippen MR) is 84.4 cm³/mol. The number of hydrogen-bond donors (Lipinski definition) is 2. The normalized spacial score (nSPS) is 12.8. The minimum absolute atomic E-state index is 0.00345. The van der Waals surface area contributed by atoms with Gasteiger partial charge >= 0.3 is 0 Å². The molecule has 0 spiro atoms. The van der Waals surface area contributed by atoms with Crippen molar-refractivity contribution in [1.29, 1.82) is 0 Å². The Morgan fingerprint density at radius 1 is 1.40 bits per heavy atom. The number of rotatable bonds is 4. The van der Waals surface area contributed by atoms with E-state index in [0.717, 1.165) is 16.6 Å². The number of H-pyrrole nitrogens is 1. The van der Waals surface area contributed by atoms with Gasteiger partial charge in [-0.3, -0.25) is 4.79 Å². The molecular weight excluding hydrogens is 270 g/mol. The molecule has 0 aliphatic rings. The van der Waals surface area contributed by atoms with E-state index < -0.39 is 0 Å². The van der Waals surface area contributed by atoms with Crippen molar-refractivity contribution >= 4 is 29.2 Å². The summed E-state index contributed by atoms with van der Waals surface area (Å²) < 4.78 is 2.46. The number of amides is 1. The van der Waals surface area contributed by atoms with E-state index >= 15 is 0 Å². The van der Waals surface area contributed by atoms with Crippen molar-refractivity contribution in [2.75, 3.05) is 6.54 Å². The number of nitrogens with zero attached hydrogens (tertiary/aromatic N) is 1. The molecule has 0 saturated heterocycles. The molecule has 0 aliphatic heterocycles. The maximum Gasteiger partial charge on any atom is 0.242 e. The summed E-state index contributed by atoms with van der Waals surface area (Å²) in [6.45, 7) is 8.74. The second kappa shape index (κ2) is 5.79. The number of hydrogen-bond acceptors (Lipinski definition) is 2. The number of aromatic nitrogens is 2. The van der Waals surface area contributed by atoms with Crippen LogP contribution in [0.25, 0.3) is 11.0 Å². The summed E-state index contributed by atoms with van der Waals surface area (Å²) in [5, 5.41) is 2.95. The summed E-state index contributed by atoms with van der Waals surface area (Å²) in [7, 11) is 0. The van der Waals surface area contributed by atoms with Gasteiger partial charge in [0.1, 0.15) is 6.04 Å². The lowest BCUT2D eigenvalue weighted by molar-refractivity contribution is -0.123. The second-order valence-corrected chi connectivity index (χ2v) is 6.02. The molecule has 108 valence electrons. The molecule has 1 aromatic carbocycles. The SMILES string of the molecule is Cc1ccc2c(c1)[nH]c(=S)n2C(C)C(=O)NCC(C)C. The molecule has 2 N–H and O–H groups in total. The molecule has 2 rings (SSSR count). The van der Waals surface area contributed by atoms with E-state index in [1.54, 1.807) is 0 Å². The molecule has 0 saturated carbocycles. The summed E-state index contributed by atoms with van der Waals surface area (Å²) in [6.07, 6.45) is 0. The standard InChI is InChI=1S/C15H21N3OS/c1-9(2)8-16-14(19)11(4)18-13-6-5-10(3)7-12(13)17-15(18)20/h5-7,9,11H,8H2,1-4H3,(H,16,19)(H,17,20). The minimum atomic E-state index is -0.322. The molecule has 1 amide bonds. The van der Waals surface area contributed by atoms with Crippen molar-refractivity contribution < 1.29 is 4.79 Å². The maximum absolute atomic E-state index is 12.2. The molecule has 1 aromatic heterocycles. The highest BCUT2D eigenvalue weighted by atomic mass is 32.1. The van der Waals surface area contributed by atoms with E-state index in [1.807, 2.05) is 36.6 Å². The molecule has 4 nitrogen and oxygen atoms in total. The zero-order valence-electron chi connectivity index (χ0n) is 12.4. The number of aryl methyl sites for hydroxylation is 1. The maximum atomic E-state index is 12.2. The molecule has 2 aromatic rings. The molecule has 1 heterocycles. The first-order valence-corrected chi connectivity index (χ1v) is 7.29. The average molecular weight is 291 g/mol. The Labute approximate surface area is 124 Å². The van der Waals surface area contributed by atoms with Crippen molar-refractivity contribution in [2.45, 2.75) is 33.7 Å². The highest BCUT2D eigenvalue weighted by molar-refractivity contribution is 7.71. The molecule has 1 unspecified atom stereocenters. The molecule has 0 bridgehead atoms. The fourth-order valence-electron chi connectivity index (χ4n) is 2.20. The van der Waals surface area contributed by atoms with Crippen LogP contribution in [0, 0.1) is 17.6 Å².